The molecule has 0 unspecified atom stereocenters. The second-order valence-electron chi connectivity index (χ2n) is 7.42. The highest BCUT2D eigenvalue weighted by molar-refractivity contribution is 7.98. The standard InChI is InChI=1S/C19H18ClF3N6O2S/c1-11-13(9-24-28(11)2)32-27-17(30)12-3-4-14(25-16(12)20)29-8-5-15(26-29)31-10-18(6-7-18)19(21,22)23/h3-5,8-9H,6-7,10H2,1-2H3,(H,27,30). The molecule has 3 aromatic heterocycles. The van der Waals surface area contributed by atoms with Crippen molar-refractivity contribution in [3.8, 4) is 11.7 Å². The predicted molar refractivity (Wildman–Crippen MR) is 111 cm³/mol. The van der Waals surface area contributed by atoms with Gasteiger partial charge in [-0.05, 0) is 43.8 Å². The molecule has 0 bridgehead atoms. The van der Waals surface area contributed by atoms with Crippen molar-refractivity contribution in [3.05, 3.63) is 47.0 Å². The Bertz CT molecular complexity index is 1160. The molecule has 4 rings (SSSR count). The Labute approximate surface area is 190 Å². The number of carbonyl (C=O) groups is 1. The molecule has 0 aromatic carbocycles. The molecule has 170 valence electrons. The van der Waals surface area contributed by atoms with Crippen molar-refractivity contribution in [2.24, 2.45) is 12.5 Å². The summed E-state index contributed by atoms with van der Waals surface area (Å²) in [5.74, 6) is -0.105. The van der Waals surface area contributed by atoms with E-state index in [0.717, 1.165) is 22.5 Å². The zero-order valence-electron chi connectivity index (χ0n) is 17.0. The lowest BCUT2D eigenvalue weighted by atomic mass is 10.1. The lowest BCUT2D eigenvalue weighted by molar-refractivity contribution is -0.194. The van der Waals surface area contributed by atoms with Crippen molar-refractivity contribution < 1.29 is 22.7 Å². The first-order valence-corrected chi connectivity index (χ1v) is 10.7. The number of aromatic nitrogens is 5. The summed E-state index contributed by atoms with van der Waals surface area (Å²) < 4.78 is 50.0. The van der Waals surface area contributed by atoms with Crippen LogP contribution >= 0.6 is 23.5 Å². The Morgan fingerprint density at radius 2 is 2.09 bits per heavy atom. The monoisotopic (exact) mass is 486 g/mol. The maximum atomic E-state index is 13.0. The average molecular weight is 487 g/mol. The summed E-state index contributed by atoms with van der Waals surface area (Å²) in [4.78, 5) is 17.4. The highest BCUT2D eigenvalue weighted by Gasteiger charge is 2.64. The number of carbonyl (C=O) groups excluding carboxylic acids is 1. The van der Waals surface area contributed by atoms with Gasteiger partial charge in [-0.15, -0.1) is 5.10 Å². The van der Waals surface area contributed by atoms with Gasteiger partial charge in [0.1, 0.15) is 17.2 Å². The van der Waals surface area contributed by atoms with Crippen molar-refractivity contribution in [3.63, 3.8) is 0 Å². The second-order valence-corrected chi connectivity index (χ2v) is 8.63. The third-order valence-electron chi connectivity index (χ3n) is 5.27. The van der Waals surface area contributed by atoms with E-state index in [9.17, 15) is 18.0 Å². The molecule has 3 heterocycles. The van der Waals surface area contributed by atoms with Crippen molar-refractivity contribution in [2.75, 3.05) is 6.61 Å². The third kappa shape index (κ3) is 4.42. The molecule has 0 atom stereocenters. The lowest BCUT2D eigenvalue weighted by Crippen LogP contribution is -2.30. The van der Waals surface area contributed by atoms with Crippen LogP contribution < -0.4 is 9.46 Å². The Balaban J connectivity index is 1.40. The minimum atomic E-state index is -4.30. The molecule has 8 nitrogen and oxygen atoms in total. The zero-order valence-corrected chi connectivity index (χ0v) is 18.6. The number of amides is 1. The molecule has 3 aromatic rings. The topological polar surface area (TPSA) is 86.9 Å². The van der Waals surface area contributed by atoms with E-state index >= 15 is 0 Å². The van der Waals surface area contributed by atoms with Crippen LogP contribution in [-0.4, -0.2) is 43.2 Å². The van der Waals surface area contributed by atoms with Gasteiger partial charge in [-0.3, -0.25) is 14.2 Å². The minimum Gasteiger partial charge on any atom is -0.476 e. The molecule has 0 radical (unpaired) electrons. The molecule has 1 aliphatic carbocycles. The number of ether oxygens (including phenoxy) is 1. The van der Waals surface area contributed by atoms with E-state index in [4.69, 9.17) is 16.3 Å². The number of nitrogens with one attached hydrogen (secondary N) is 1. The summed E-state index contributed by atoms with van der Waals surface area (Å²) in [6.07, 6.45) is -1.07. The maximum absolute atomic E-state index is 13.0. The van der Waals surface area contributed by atoms with Gasteiger partial charge in [-0.2, -0.15) is 18.3 Å². The fourth-order valence-corrected chi connectivity index (χ4v) is 3.77. The van der Waals surface area contributed by atoms with Gasteiger partial charge >= 0.3 is 6.18 Å². The van der Waals surface area contributed by atoms with Crippen LogP contribution in [0, 0.1) is 12.3 Å². The molecule has 1 amide bonds. The van der Waals surface area contributed by atoms with Crippen molar-refractivity contribution in [1.82, 2.24) is 29.3 Å². The normalized spacial score (nSPS) is 14.9. The van der Waals surface area contributed by atoms with E-state index in [-0.39, 0.29) is 35.3 Å². The van der Waals surface area contributed by atoms with Gasteiger partial charge < -0.3 is 4.74 Å². The fourth-order valence-electron chi connectivity index (χ4n) is 2.84. The maximum Gasteiger partial charge on any atom is 0.397 e. The highest BCUT2D eigenvalue weighted by atomic mass is 35.5. The molecular weight excluding hydrogens is 469 g/mol. The van der Waals surface area contributed by atoms with Gasteiger partial charge in [0, 0.05) is 19.3 Å². The Kier molecular flexibility index (Phi) is 5.84. The van der Waals surface area contributed by atoms with Crippen LogP contribution in [-0.2, 0) is 7.05 Å². The Hall–Kier alpha value is -2.73. The zero-order chi connectivity index (χ0) is 23.1. The Morgan fingerprint density at radius 1 is 1.34 bits per heavy atom. The van der Waals surface area contributed by atoms with Gasteiger partial charge in [0.25, 0.3) is 5.91 Å². The van der Waals surface area contributed by atoms with Gasteiger partial charge in [-0.25, -0.2) is 9.67 Å². The average Bonchev–Trinajstić information content (AvgIpc) is 3.30. The largest absolute Gasteiger partial charge is 0.476 e. The molecule has 0 aliphatic heterocycles. The molecule has 1 saturated carbocycles. The minimum absolute atomic E-state index is 0.0449. The molecule has 0 spiro atoms. The van der Waals surface area contributed by atoms with Crippen LogP contribution in [0.2, 0.25) is 5.15 Å². The van der Waals surface area contributed by atoms with E-state index < -0.39 is 24.1 Å². The molecule has 1 aliphatic rings. The van der Waals surface area contributed by atoms with Gasteiger partial charge in [0.05, 0.1) is 22.3 Å². The molecule has 1 N–H and O–H groups in total. The Morgan fingerprint density at radius 3 is 2.69 bits per heavy atom. The van der Waals surface area contributed by atoms with E-state index in [2.05, 4.69) is 19.9 Å². The van der Waals surface area contributed by atoms with Crippen LogP contribution in [0.5, 0.6) is 5.88 Å². The van der Waals surface area contributed by atoms with Gasteiger partial charge in [-0.1, -0.05) is 11.6 Å². The molecular formula is C19H18ClF3N6O2S. The summed E-state index contributed by atoms with van der Waals surface area (Å²) >= 11 is 7.30. The number of nitrogens with zero attached hydrogens (tertiary/aromatic N) is 5. The fraction of sp³-hybridized carbons (Fsp3) is 0.368. The van der Waals surface area contributed by atoms with Crippen molar-refractivity contribution >= 4 is 29.5 Å². The predicted octanol–water partition coefficient (Wildman–Crippen LogP) is 4.12. The smallest absolute Gasteiger partial charge is 0.397 e. The molecule has 1 fully saturated rings. The van der Waals surface area contributed by atoms with Gasteiger partial charge in [0.2, 0.25) is 5.88 Å². The van der Waals surface area contributed by atoms with Crippen LogP contribution in [0.3, 0.4) is 0 Å². The molecule has 0 saturated heterocycles. The SMILES string of the molecule is Cc1c(SNC(=O)c2ccc(-n3ccc(OCC4(C(F)(F)F)CC4)n3)nc2Cl)cnn1C. The first-order chi connectivity index (χ1) is 15.1. The van der Waals surface area contributed by atoms with E-state index in [1.807, 2.05) is 6.92 Å². The van der Waals surface area contributed by atoms with E-state index in [0.29, 0.717) is 0 Å². The van der Waals surface area contributed by atoms with Crippen molar-refractivity contribution in [1.29, 1.82) is 0 Å². The van der Waals surface area contributed by atoms with Crippen LogP contribution in [0.1, 0.15) is 28.9 Å². The number of halogens is 4. The lowest BCUT2D eigenvalue weighted by Gasteiger charge is -2.18. The molecule has 32 heavy (non-hydrogen) atoms. The van der Waals surface area contributed by atoms with Crippen LogP contribution in [0.15, 0.2) is 35.5 Å². The summed E-state index contributed by atoms with van der Waals surface area (Å²) in [5, 5.41) is 8.15. The van der Waals surface area contributed by atoms with E-state index in [1.165, 1.54) is 29.1 Å². The molecule has 13 heteroatoms. The summed E-state index contributed by atoms with van der Waals surface area (Å²) in [7, 11) is 1.80. The van der Waals surface area contributed by atoms with Crippen LogP contribution in [0.4, 0.5) is 13.2 Å². The number of pyridine rings is 1. The number of hydrogen-bond acceptors (Lipinski definition) is 6. The summed E-state index contributed by atoms with van der Waals surface area (Å²) in [5.41, 5.74) is -0.719. The third-order valence-corrected chi connectivity index (χ3v) is 6.47. The van der Waals surface area contributed by atoms with Gasteiger partial charge in [0.15, 0.2) is 5.82 Å². The van der Waals surface area contributed by atoms with Crippen molar-refractivity contribution in [2.45, 2.75) is 30.8 Å². The highest BCUT2D eigenvalue weighted by Crippen LogP contribution is 2.57. The quantitative estimate of drug-likeness (QED) is 0.399. The number of hydrogen-bond donors (Lipinski definition) is 1. The number of rotatable bonds is 7. The summed E-state index contributed by atoms with van der Waals surface area (Å²) in [6, 6.07) is 4.45. The van der Waals surface area contributed by atoms with E-state index in [1.54, 1.807) is 17.9 Å². The number of alkyl halides is 3. The first-order valence-electron chi connectivity index (χ1n) is 9.47. The summed E-state index contributed by atoms with van der Waals surface area (Å²) in [6.45, 7) is 1.40. The van der Waals surface area contributed by atoms with Crippen LogP contribution in [0.25, 0.3) is 5.82 Å². The number of aryl methyl sites for hydroxylation is 1. The first kappa shape index (κ1) is 22.5. The second kappa shape index (κ2) is 8.32.